The number of thioether (sulfide) groups is 3. The van der Waals surface area contributed by atoms with Crippen molar-refractivity contribution in [2.45, 2.75) is 4.58 Å². The highest BCUT2D eigenvalue weighted by Gasteiger charge is 2.16. The van der Waals surface area contributed by atoms with Gasteiger partial charge >= 0.3 is 0 Å². The SMILES string of the molecule is C=CC(=O)SCC1SCCS1. The van der Waals surface area contributed by atoms with Crippen LogP contribution in [-0.4, -0.2) is 27.0 Å². The Morgan fingerprint density at radius 2 is 2.27 bits per heavy atom. The van der Waals surface area contributed by atoms with Crippen molar-refractivity contribution in [3.05, 3.63) is 12.7 Å². The topological polar surface area (TPSA) is 17.1 Å². The van der Waals surface area contributed by atoms with Gasteiger partial charge in [0.15, 0.2) is 0 Å². The first-order valence-electron chi connectivity index (χ1n) is 3.35. The second-order valence-electron chi connectivity index (χ2n) is 2.01. The van der Waals surface area contributed by atoms with Crippen LogP contribution in [0, 0.1) is 0 Å². The highest BCUT2D eigenvalue weighted by molar-refractivity contribution is 8.22. The molecule has 0 spiro atoms. The first-order valence-corrected chi connectivity index (χ1v) is 6.43. The minimum absolute atomic E-state index is 0.0955. The highest BCUT2D eigenvalue weighted by Crippen LogP contribution is 2.34. The molecule has 0 aromatic heterocycles. The van der Waals surface area contributed by atoms with Crippen LogP contribution in [0.3, 0.4) is 0 Å². The molecule has 0 aromatic carbocycles. The summed E-state index contributed by atoms with van der Waals surface area (Å²) in [5, 5.41) is 0.0955. The lowest BCUT2D eigenvalue weighted by molar-refractivity contribution is -0.107. The Morgan fingerprint density at radius 1 is 1.64 bits per heavy atom. The number of carbonyl (C=O) groups excluding carboxylic acids is 1. The van der Waals surface area contributed by atoms with Crippen molar-refractivity contribution in [3.8, 4) is 0 Å². The molecule has 0 bridgehead atoms. The van der Waals surface area contributed by atoms with E-state index in [1.807, 2.05) is 23.5 Å². The maximum Gasteiger partial charge on any atom is 0.211 e. The van der Waals surface area contributed by atoms with Crippen LogP contribution in [0.1, 0.15) is 0 Å². The van der Waals surface area contributed by atoms with E-state index in [1.165, 1.54) is 29.3 Å². The summed E-state index contributed by atoms with van der Waals surface area (Å²) < 4.78 is 0.629. The van der Waals surface area contributed by atoms with E-state index in [9.17, 15) is 4.79 Å². The Morgan fingerprint density at radius 3 is 2.82 bits per heavy atom. The molecule has 0 radical (unpaired) electrons. The Balaban J connectivity index is 2.10. The third-order valence-corrected chi connectivity index (χ3v) is 5.62. The molecule has 1 aliphatic heterocycles. The average molecular weight is 206 g/mol. The highest BCUT2D eigenvalue weighted by atomic mass is 32.2. The fraction of sp³-hybridized carbons (Fsp3) is 0.571. The third kappa shape index (κ3) is 3.58. The summed E-state index contributed by atoms with van der Waals surface area (Å²) in [4.78, 5) is 10.8. The predicted molar refractivity (Wildman–Crippen MR) is 56.4 cm³/mol. The average Bonchev–Trinajstić information content (AvgIpc) is 2.52. The van der Waals surface area contributed by atoms with Gasteiger partial charge in [-0.25, -0.2) is 0 Å². The molecule has 0 amide bonds. The van der Waals surface area contributed by atoms with E-state index < -0.39 is 0 Å². The Kier molecular flexibility index (Phi) is 4.48. The lowest BCUT2D eigenvalue weighted by Crippen LogP contribution is -1.98. The molecule has 0 saturated carbocycles. The number of hydrogen-bond acceptors (Lipinski definition) is 4. The van der Waals surface area contributed by atoms with E-state index in [0.717, 1.165) is 5.75 Å². The van der Waals surface area contributed by atoms with E-state index in [2.05, 4.69) is 6.58 Å². The van der Waals surface area contributed by atoms with Crippen molar-refractivity contribution < 1.29 is 4.79 Å². The van der Waals surface area contributed by atoms with E-state index in [1.54, 1.807) is 0 Å². The van der Waals surface area contributed by atoms with Gasteiger partial charge in [0.05, 0.1) is 4.58 Å². The molecule has 1 heterocycles. The van der Waals surface area contributed by atoms with Crippen molar-refractivity contribution in [1.82, 2.24) is 0 Å². The molecule has 1 fully saturated rings. The molecule has 1 saturated heterocycles. The summed E-state index contributed by atoms with van der Waals surface area (Å²) >= 11 is 5.28. The summed E-state index contributed by atoms with van der Waals surface area (Å²) in [7, 11) is 0. The molecule has 0 atom stereocenters. The van der Waals surface area contributed by atoms with Gasteiger partial charge in [-0.15, -0.1) is 23.5 Å². The van der Waals surface area contributed by atoms with E-state index in [-0.39, 0.29) is 5.12 Å². The molecule has 1 rings (SSSR count). The summed E-state index contributed by atoms with van der Waals surface area (Å²) in [6, 6.07) is 0. The van der Waals surface area contributed by atoms with Gasteiger partial charge in [-0.1, -0.05) is 18.3 Å². The summed E-state index contributed by atoms with van der Waals surface area (Å²) in [5.41, 5.74) is 0. The normalized spacial score (nSPS) is 18.5. The maximum atomic E-state index is 10.8. The van der Waals surface area contributed by atoms with Crippen LogP contribution < -0.4 is 0 Å². The maximum absolute atomic E-state index is 10.8. The third-order valence-electron chi connectivity index (χ3n) is 1.22. The van der Waals surface area contributed by atoms with Gasteiger partial charge in [0.1, 0.15) is 0 Å². The van der Waals surface area contributed by atoms with Crippen LogP contribution in [0.5, 0.6) is 0 Å². The number of rotatable bonds is 3. The van der Waals surface area contributed by atoms with Crippen LogP contribution in [-0.2, 0) is 4.79 Å². The first-order chi connectivity index (χ1) is 5.33. The van der Waals surface area contributed by atoms with E-state index in [4.69, 9.17) is 0 Å². The summed E-state index contributed by atoms with van der Waals surface area (Å²) in [6.45, 7) is 3.42. The first kappa shape index (κ1) is 9.55. The van der Waals surface area contributed by atoms with Gasteiger partial charge in [-0.3, -0.25) is 4.79 Å². The minimum Gasteiger partial charge on any atom is -0.282 e. The zero-order chi connectivity index (χ0) is 8.10. The molecule has 4 heteroatoms. The molecular formula is C7H10OS3. The van der Waals surface area contributed by atoms with Gasteiger partial charge in [0, 0.05) is 17.3 Å². The predicted octanol–water partition coefficient (Wildman–Crippen LogP) is 2.24. The molecule has 0 aliphatic carbocycles. The second kappa shape index (κ2) is 5.17. The Labute approximate surface area is 79.8 Å². The smallest absolute Gasteiger partial charge is 0.211 e. The van der Waals surface area contributed by atoms with Crippen molar-refractivity contribution >= 4 is 40.4 Å². The van der Waals surface area contributed by atoms with Crippen molar-refractivity contribution in [2.24, 2.45) is 0 Å². The largest absolute Gasteiger partial charge is 0.282 e. The van der Waals surface area contributed by atoms with Crippen molar-refractivity contribution in [1.29, 1.82) is 0 Å². The molecular weight excluding hydrogens is 196 g/mol. The van der Waals surface area contributed by atoms with Gasteiger partial charge < -0.3 is 0 Å². The molecule has 1 nitrogen and oxygen atoms in total. The zero-order valence-electron chi connectivity index (χ0n) is 6.12. The summed E-state index contributed by atoms with van der Waals surface area (Å²) in [5.74, 6) is 3.40. The van der Waals surface area contributed by atoms with Gasteiger partial charge in [-0.2, -0.15) is 0 Å². The zero-order valence-corrected chi connectivity index (χ0v) is 8.57. The van der Waals surface area contributed by atoms with E-state index >= 15 is 0 Å². The Bertz CT molecular complexity index is 152. The number of hydrogen-bond donors (Lipinski definition) is 0. The van der Waals surface area contributed by atoms with Crippen LogP contribution in [0.2, 0.25) is 0 Å². The fourth-order valence-corrected chi connectivity index (χ4v) is 4.57. The van der Waals surface area contributed by atoms with Gasteiger partial charge in [0.25, 0.3) is 0 Å². The quantitative estimate of drug-likeness (QED) is 0.658. The molecule has 1 aliphatic rings. The van der Waals surface area contributed by atoms with Crippen LogP contribution in [0.4, 0.5) is 0 Å². The Hall–Kier alpha value is 0.460. The fourth-order valence-electron chi connectivity index (χ4n) is 0.713. The molecule has 11 heavy (non-hydrogen) atoms. The van der Waals surface area contributed by atoms with Gasteiger partial charge in [0.2, 0.25) is 5.12 Å². The lowest BCUT2D eigenvalue weighted by Gasteiger charge is -2.03. The lowest BCUT2D eigenvalue weighted by atomic mass is 10.7. The summed E-state index contributed by atoms with van der Waals surface area (Å²) in [6.07, 6.45) is 1.38. The van der Waals surface area contributed by atoms with Gasteiger partial charge in [-0.05, 0) is 6.08 Å². The monoisotopic (exact) mass is 206 g/mol. The van der Waals surface area contributed by atoms with Crippen molar-refractivity contribution in [3.63, 3.8) is 0 Å². The minimum atomic E-state index is 0.0955. The second-order valence-corrected chi connectivity index (χ2v) is 5.95. The van der Waals surface area contributed by atoms with Crippen LogP contribution >= 0.6 is 35.3 Å². The van der Waals surface area contributed by atoms with Crippen molar-refractivity contribution in [2.75, 3.05) is 17.3 Å². The van der Waals surface area contributed by atoms with Crippen LogP contribution in [0.15, 0.2) is 12.7 Å². The standard InChI is InChI=1S/C7H10OS3/c1-2-6(8)11-5-7-9-3-4-10-7/h2,7H,1,3-5H2. The van der Waals surface area contributed by atoms with E-state index in [0.29, 0.717) is 4.58 Å². The molecule has 62 valence electrons. The van der Waals surface area contributed by atoms with Crippen LogP contribution in [0.25, 0.3) is 0 Å². The molecule has 0 aromatic rings. The number of carbonyl (C=O) groups is 1. The molecule has 0 N–H and O–H groups in total. The molecule has 0 unspecified atom stereocenters.